The zero-order chi connectivity index (χ0) is 9.07. The van der Waals surface area contributed by atoms with Crippen molar-refractivity contribution in [2.45, 2.75) is 6.92 Å². The predicted octanol–water partition coefficient (Wildman–Crippen LogP) is -0.285. The first-order chi connectivity index (χ1) is 4.89. The number of rotatable bonds is 1. The number of carboxylic acid groups (broad SMARTS) is 1. The number of nitrogens with zero attached hydrogens (tertiary/aromatic N) is 1. The lowest BCUT2D eigenvalue weighted by molar-refractivity contribution is -0.148. The summed E-state index contributed by atoms with van der Waals surface area (Å²) >= 11 is 0. The Kier molecular flexibility index (Phi) is 3.18. The van der Waals surface area contributed by atoms with Crippen molar-refractivity contribution in [1.82, 2.24) is 0 Å². The van der Waals surface area contributed by atoms with Crippen LogP contribution < -0.4 is 0 Å². The summed E-state index contributed by atoms with van der Waals surface area (Å²) in [5.74, 6) is -2.85. The van der Waals surface area contributed by atoms with E-state index in [0.717, 1.165) is 0 Å². The zero-order valence-electron chi connectivity index (χ0n) is 6.23. The Hall–Kier alpha value is -0.910. The summed E-state index contributed by atoms with van der Waals surface area (Å²) in [5, 5.41) is 8.07. The number of carbonyl (C=O) groups is 2. The molecule has 0 aliphatic heterocycles. The molecule has 0 spiro atoms. The molecule has 0 aromatic rings. The van der Waals surface area contributed by atoms with Crippen LogP contribution in [0.2, 0.25) is 0 Å². The largest absolute Gasteiger partial charge is 0.474 e. The quantitative estimate of drug-likeness (QED) is 0.561. The van der Waals surface area contributed by atoms with Gasteiger partial charge in [-0.1, -0.05) is 6.92 Å². The lowest BCUT2D eigenvalue weighted by atomic mass is 10.7. The summed E-state index contributed by atoms with van der Waals surface area (Å²) in [6.07, 6.45) is 1.24. The van der Waals surface area contributed by atoms with Crippen LogP contribution in [0.1, 0.15) is 6.92 Å². The van der Waals surface area contributed by atoms with E-state index in [9.17, 15) is 13.8 Å². The third-order valence-corrected chi connectivity index (χ3v) is 2.62. The highest BCUT2D eigenvalue weighted by Gasteiger charge is 2.11. The summed E-state index contributed by atoms with van der Waals surface area (Å²) in [6.45, 7) is 1.57. The van der Waals surface area contributed by atoms with Crippen molar-refractivity contribution in [3.8, 4) is 0 Å². The molecule has 0 heterocycles. The Morgan fingerprint density at radius 1 is 1.55 bits per heavy atom. The number of aliphatic carboxylic acids is 1. The van der Waals surface area contributed by atoms with Gasteiger partial charge in [-0.2, -0.15) is 4.36 Å². The van der Waals surface area contributed by atoms with Crippen molar-refractivity contribution in [2.24, 2.45) is 4.36 Å². The first-order valence-electron chi connectivity index (χ1n) is 2.86. The SMILES string of the molecule is CCS(C)(=O)=NC(=O)C(=O)O. The number of carboxylic acids is 1. The van der Waals surface area contributed by atoms with Gasteiger partial charge in [0.1, 0.15) is 0 Å². The van der Waals surface area contributed by atoms with E-state index in [4.69, 9.17) is 5.11 Å². The number of carbonyl (C=O) groups excluding carboxylic acids is 1. The number of hydrogen-bond acceptors (Lipinski definition) is 3. The van der Waals surface area contributed by atoms with Crippen LogP contribution in [0.25, 0.3) is 0 Å². The number of amides is 1. The Morgan fingerprint density at radius 2 is 2.00 bits per heavy atom. The highest BCUT2D eigenvalue weighted by Crippen LogP contribution is 1.90. The summed E-state index contributed by atoms with van der Waals surface area (Å²) < 4.78 is 14.0. The van der Waals surface area contributed by atoms with Crippen LogP contribution in [-0.2, 0) is 19.3 Å². The second-order valence-electron chi connectivity index (χ2n) is 1.95. The summed E-state index contributed by atoms with van der Waals surface area (Å²) in [6, 6.07) is 0. The molecule has 6 heteroatoms. The van der Waals surface area contributed by atoms with Gasteiger partial charge < -0.3 is 5.11 Å². The van der Waals surface area contributed by atoms with Crippen LogP contribution in [0, 0.1) is 0 Å². The maximum absolute atomic E-state index is 11.0. The molecular formula is C5H9NO4S. The third kappa shape index (κ3) is 3.72. The van der Waals surface area contributed by atoms with Crippen LogP contribution in [0.4, 0.5) is 0 Å². The fraction of sp³-hybridized carbons (Fsp3) is 0.600. The molecule has 0 saturated carbocycles. The molecule has 0 aromatic heterocycles. The van der Waals surface area contributed by atoms with E-state index in [1.165, 1.54) is 6.26 Å². The minimum atomic E-state index is -2.62. The standard InChI is InChI=1S/C5H9NO4S/c1-3-11(2,10)6-4(7)5(8)9/h3H2,1-2H3,(H,8,9). The molecule has 0 saturated heterocycles. The van der Waals surface area contributed by atoms with E-state index in [1.54, 1.807) is 6.92 Å². The van der Waals surface area contributed by atoms with Gasteiger partial charge in [0, 0.05) is 12.0 Å². The Balaban J connectivity index is 4.71. The smallest absolute Gasteiger partial charge is 0.397 e. The first kappa shape index (κ1) is 10.1. The van der Waals surface area contributed by atoms with Gasteiger partial charge in [-0.3, -0.25) is 4.79 Å². The van der Waals surface area contributed by atoms with E-state index >= 15 is 0 Å². The molecular weight excluding hydrogens is 170 g/mol. The van der Waals surface area contributed by atoms with Crippen LogP contribution in [0.3, 0.4) is 0 Å². The number of hydrogen-bond donors (Lipinski definition) is 1. The Morgan fingerprint density at radius 3 is 2.27 bits per heavy atom. The van der Waals surface area contributed by atoms with E-state index < -0.39 is 21.6 Å². The average Bonchev–Trinajstić information content (AvgIpc) is 1.87. The summed E-state index contributed by atoms with van der Waals surface area (Å²) in [7, 11) is -2.62. The summed E-state index contributed by atoms with van der Waals surface area (Å²) in [5.41, 5.74) is 0. The molecule has 0 aliphatic carbocycles. The molecule has 1 unspecified atom stereocenters. The molecule has 0 rings (SSSR count). The topological polar surface area (TPSA) is 83.8 Å². The van der Waals surface area contributed by atoms with Gasteiger partial charge in [0.05, 0.1) is 9.73 Å². The van der Waals surface area contributed by atoms with Crippen molar-refractivity contribution in [3.63, 3.8) is 0 Å². The van der Waals surface area contributed by atoms with E-state index in [0.29, 0.717) is 0 Å². The molecule has 0 bridgehead atoms. The molecule has 1 amide bonds. The van der Waals surface area contributed by atoms with Gasteiger partial charge in [-0.05, 0) is 0 Å². The minimum absolute atomic E-state index is 0.173. The highest BCUT2D eigenvalue weighted by atomic mass is 32.2. The van der Waals surface area contributed by atoms with Crippen LogP contribution in [0.15, 0.2) is 4.36 Å². The van der Waals surface area contributed by atoms with Crippen molar-refractivity contribution in [2.75, 3.05) is 12.0 Å². The molecule has 1 atom stereocenters. The van der Waals surface area contributed by atoms with Gasteiger partial charge in [0.25, 0.3) is 0 Å². The molecule has 0 aliphatic rings. The second-order valence-corrected chi connectivity index (χ2v) is 4.63. The van der Waals surface area contributed by atoms with E-state index in [1.807, 2.05) is 0 Å². The van der Waals surface area contributed by atoms with E-state index in [-0.39, 0.29) is 5.75 Å². The van der Waals surface area contributed by atoms with Crippen LogP contribution >= 0.6 is 0 Å². The molecule has 11 heavy (non-hydrogen) atoms. The van der Waals surface area contributed by atoms with E-state index in [2.05, 4.69) is 4.36 Å². The lowest BCUT2D eigenvalue weighted by Crippen LogP contribution is -2.13. The summed E-state index contributed by atoms with van der Waals surface area (Å²) in [4.78, 5) is 20.3. The molecule has 64 valence electrons. The monoisotopic (exact) mass is 179 g/mol. The maximum atomic E-state index is 11.0. The highest BCUT2D eigenvalue weighted by molar-refractivity contribution is 7.93. The van der Waals surface area contributed by atoms with Gasteiger partial charge in [0.15, 0.2) is 0 Å². The first-order valence-corrected chi connectivity index (χ1v) is 4.95. The normalized spacial score (nSPS) is 15.1. The second kappa shape index (κ2) is 3.47. The molecule has 0 aromatic carbocycles. The fourth-order valence-corrected chi connectivity index (χ4v) is 0.837. The molecule has 1 N–H and O–H groups in total. The molecule has 0 fully saturated rings. The van der Waals surface area contributed by atoms with Gasteiger partial charge in [-0.15, -0.1) is 0 Å². The fourth-order valence-electron chi connectivity index (χ4n) is 0.279. The molecule has 0 radical (unpaired) electrons. The van der Waals surface area contributed by atoms with Crippen LogP contribution in [0.5, 0.6) is 0 Å². The Labute approximate surface area is 64.6 Å². The van der Waals surface area contributed by atoms with Crippen molar-refractivity contribution in [1.29, 1.82) is 0 Å². The van der Waals surface area contributed by atoms with Crippen molar-refractivity contribution < 1.29 is 18.9 Å². The average molecular weight is 179 g/mol. The maximum Gasteiger partial charge on any atom is 0.397 e. The minimum Gasteiger partial charge on any atom is -0.474 e. The third-order valence-electron chi connectivity index (χ3n) is 0.995. The van der Waals surface area contributed by atoms with Gasteiger partial charge in [-0.25, -0.2) is 9.00 Å². The zero-order valence-corrected chi connectivity index (χ0v) is 7.05. The van der Waals surface area contributed by atoms with Gasteiger partial charge in [0.2, 0.25) is 0 Å². The van der Waals surface area contributed by atoms with Crippen LogP contribution in [-0.4, -0.2) is 33.2 Å². The molecule has 5 nitrogen and oxygen atoms in total. The van der Waals surface area contributed by atoms with Crippen molar-refractivity contribution >= 4 is 21.6 Å². The van der Waals surface area contributed by atoms with Gasteiger partial charge >= 0.3 is 11.9 Å². The lowest BCUT2D eigenvalue weighted by Gasteiger charge is -1.94. The van der Waals surface area contributed by atoms with Crippen molar-refractivity contribution in [3.05, 3.63) is 0 Å². The Bertz CT molecular complexity index is 287. The predicted molar refractivity (Wildman–Crippen MR) is 39.7 cm³/mol.